The number of azo groups is 1. The van der Waals surface area contributed by atoms with Crippen molar-refractivity contribution in [1.29, 1.82) is 0 Å². The van der Waals surface area contributed by atoms with Gasteiger partial charge in [-0.15, -0.1) is 4.57 Å². The van der Waals surface area contributed by atoms with Crippen LogP contribution in [-0.2, 0) is 89.2 Å². The number of benzene rings is 4. The van der Waals surface area contributed by atoms with Gasteiger partial charge in [-0.2, -0.15) is 10.2 Å². The lowest BCUT2D eigenvalue weighted by atomic mass is 9.62. The van der Waals surface area contributed by atoms with Crippen molar-refractivity contribution in [1.82, 2.24) is 78.1 Å². The molecule has 0 radical (unpaired) electrons. The maximum atomic E-state index is 14.2. The molecule has 0 spiro atoms. The van der Waals surface area contributed by atoms with Crippen LogP contribution in [0.15, 0.2) is 126 Å². The number of amides is 10. The number of Topliss-reactive ketones (excluding diaryl/α,β-unsaturated/α-hetero) is 1. The number of allylic oxidation sites excluding steroid dienone is 4. The molecule has 0 unspecified atom stereocenters. The fourth-order valence-corrected chi connectivity index (χ4v) is 17.7. The first-order chi connectivity index (χ1) is 67.1. The predicted molar refractivity (Wildman–Crippen MR) is 527 cm³/mol. The minimum Gasteiger partial charge on any atom is -0.481 e. The molecule has 746 valence electrons. The van der Waals surface area contributed by atoms with Gasteiger partial charge in [0.05, 0.1) is 73.2 Å². The van der Waals surface area contributed by atoms with Crippen LogP contribution in [0.5, 0.6) is 0 Å². The molecular formula is C101H123N20O20+. The Labute approximate surface area is 813 Å². The first kappa shape index (κ1) is 106. The van der Waals surface area contributed by atoms with Crippen molar-refractivity contribution in [2.45, 2.75) is 207 Å². The van der Waals surface area contributed by atoms with E-state index < -0.39 is 182 Å². The smallest absolute Gasteiger partial charge is 0.326 e. The predicted octanol–water partition coefficient (Wildman–Crippen LogP) is 7.65. The van der Waals surface area contributed by atoms with Gasteiger partial charge in [0.1, 0.15) is 47.3 Å². The third-order valence-electron chi connectivity index (χ3n) is 26.1. The molecule has 0 fully saturated rings. The lowest BCUT2D eigenvalue weighted by Crippen LogP contribution is -2.60. The van der Waals surface area contributed by atoms with Gasteiger partial charge in [-0.25, -0.2) is 19.7 Å². The van der Waals surface area contributed by atoms with Gasteiger partial charge in [0, 0.05) is 145 Å². The van der Waals surface area contributed by atoms with E-state index in [2.05, 4.69) is 141 Å². The van der Waals surface area contributed by atoms with Crippen LogP contribution in [0.25, 0.3) is 67.2 Å². The summed E-state index contributed by atoms with van der Waals surface area (Å²) >= 11 is 0. The topological polar surface area (TPSA) is 583 Å². The number of hydrogen-bond acceptors (Lipinski definition) is 23. The van der Waals surface area contributed by atoms with Gasteiger partial charge in [0.15, 0.2) is 5.78 Å². The number of H-pyrrole nitrogens is 2. The van der Waals surface area contributed by atoms with E-state index in [0.717, 1.165) is 103 Å². The van der Waals surface area contributed by atoms with Gasteiger partial charge in [0.2, 0.25) is 75.8 Å². The van der Waals surface area contributed by atoms with Crippen molar-refractivity contribution in [2.75, 3.05) is 69.3 Å². The molecule has 3 aromatic heterocycles. The molecule has 10 amide bonds. The number of carbonyl (C=O) groups excluding carboxylic acids is 11. The molecule has 40 heteroatoms. The van der Waals surface area contributed by atoms with Gasteiger partial charge in [-0.1, -0.05) is 72.4 Å². The summed E-state index contributed by atoms with van der Waals surface area (Å²) in [7, 11) is 1.90. The van der Waals surface area contributed by atoms with Gasteiger partial charge >= 0.3 is 23.9 Å². The largest absolute Gasteiger partial charge is 0.481 e. The SMILES string of the molecule is C=Cc1c(C)c2cc3[nH]c(c4c5nc(cc6nc(cc1[nH]2)C(C)=C6CC)C(C)=C5C(=O)C4)[C@@](C)(CCC(=O)NCC(=O)N[C@@H](CC(=O)O)C(=O)N[C@@H](CCC(=O)O)C(=O)N[C@H](C(=O)N[C@@H](CC(=O)O)C(=O)NCC(=O)N[C@@H](CO)C(=O)NCC(=O)N[C@@H](CCCCNC(=O)CCCN(C)c1ccc(N=Nc2ccc4nc5ccc(N(CC)CC)cc5[n+](-c5ccccc5)c4c2)cc1)C(=O)O)C(C)C)C3(C)C. The Morgan fingerprint density at radius 1 is 0.553 bits per heavy atom. The third-order valence-corrected chi connectivity index (χ3v) is 26.1. The van der Waals surface area contributed by atoms with Crippen LogP contribution in [0.1, 0.15) is 197 Å². The summed E-state index contributed by atoms with van der Waals surface area (Å²) in [5, 5.41) is 81.6. The second-order valence-corrected chi connectivity index (χ2v) is 36.2. The number of anilines is 2. The molecule has 0 saturated carbocycles. The van der Waals surface area contributed by atoms with Crippen molar-refractivity contribution in [3.63, 3.8) is 0 Å². The number of aromatic nitrogens is 6. The summed E-state index contributed by atoms with van der Waals surface area (Å²) in [6.45, 7) is 23.9. The molecule has 3 aliphatic heterocycles. The number of aryl methyl sites for hydroxylation is 1. The highest BCUT2D eigenvalue weighted by Crippen LogP contribution is 2.53. The molecule has 40 nitrogen and oxygen atoms in total. The van der Waals surface area contributed by atoms with E-state index >= 15 is 0 Å². The lowest BCUT2D eigenvalue weighted by molar-refractivity contribution is -0.538. The Kier molecular flexibility index (Phi) is 35.5. The molecule has 4 aromatic carbocycles. The van der Waals surface area contributed by atoms with Crippen molar-refractivity contribution in [2.24, 2.45) is 16.1 Å². The molecular weight excluding hydrogens is 1810 g/mol. The molecule has 7 aromatic rings. The van der Waals surface area contributed by atoms with E-state index in [0.29, 0.717) is 71.0 Å². The number of fused-ring (bicyclic) bond motifs is 10. The zero-order valence-corrected chi connectivity index (χ0v) is 81.0. The van der Waals surface area contributed by atoms with Crippen LogP contribution < -0.4 is 67.5 Å². The number of carboxylic acid groups (broad SMARTS) is 4. The highest BCUT2D eigenvalue weighted by Gasteiger charge is 2.52. The van der Waals surface area contributed by atoms with Gasteiger partial charge < -0.3 is 98.5 Å². The summed E-state index contributed by atoms with van der Waals surface area (Å²) in [5.74, 6) is -17.5. The summed E-state index contributed by atoms with van der Waals surface area (Å²) in [5.41, 5.74) is 17.2. The summed E-state index contributed by atoms with van der Waals surface area (Å²) < 4.78 is 2.20. The monoisotopic (exact) mass is 1940 g/mol. The number of nitrogens with one attached hydrogen (secondary N) is 12. The normalized spacial score (nSPS) is 15.1. The number of ketones is 1. The average Bonchev–Trinajstić information content (AvgIpc) is 1.55. The maximum absolute atomic E-state index is 14.2. The fourth-order valence-electron chi connectivity index (χ4n) is 17.7. The Balaban J connectivity index is 0.608. The van der Waals surface area contributed by atoms with Crippen molar-refractivity contribution in [3.8, 4) is 5.69 Å². The van der Waals surface area contributed by atoms with Crippen LogP contribution in [0, 0.1) is 12.8 Å². The van der Waals surface area contributed by atoms with Crippen LogP contribution >= 0.6 is 0 Å². The molecule has 6 heterocycles. The first-order valence-electron chi connectivity index (χ1n) is 46.9. The second-order valence-electron chi connectivity index (χ2n) is 36.2. The molecule has 11 rings (SSSR count). The van der Waals surface area contributed by atoms with Crippen LogP contribution in [0.3, 0.4) is 0 Å². The maximum Gasteiger partial charge on any atom is 0.326 e. The molecule has 8 bridgehead atoms. The highest BCUT2D eigenvalue weighted by molar-refractivity contribution is 6.32. The molecule has 141 heavy (non-hydrogen) atoms. The number of carbonyl (C=O) groups is 15. The van der Waals surface area contributed by atoms with E-state index in [9.17, 15) is 97.5 Å². The van der Waals surface area contributed by atoms with E-state index in [1.54, 1.807) is 6.08 Å². The van der Waals surface area contributed by atoms with Gasteiger partial charge in [0.25, 0.3) is 0 Å². The Morgan fingerprint density at radius 3 is 1.76 bits per heavy atom. The number of rotatable bonds is 48. The second kappa shape index (κ2) is 47.2. The van der Waals surface area contributed by atoms with Crippen LogP contribution in [-0.4, -0.2) is 235 Å². The zero-order valence-electron chi connectivity index (χ0n) is 81.0. The van der Waals surface area contributed by atoms with Crippen molar-refractivity contribution >= 4 is 173 Å². The quantitative estimate of drug-likeness (QED) is 0.00753. The first-order valence-corrected chi connectivity index (χ1v) is 46.9. The molecule has 17 N–H and O–H groups in total. The van der Waals surface area contributed by atoms with E-state index in [4.69, 9.17) is 15.0 Å². The van der Waals surface area contributed by atoms with Crippen molar-refractivity contribution < 1.29 is 102 Å². The Hall–Kier alpha value is -15.5. The summed E-state index contributed by atoms with van der Waals surface area (Å²) in [6, 6.07) is 24.9. The molecule has 1 aliphatic carbocycles. The average molecular weight is 1940 g/mol. The summed E-state index contributed by atoms with van der Waals surface area (Å²) in [4.78, 5) is 225. The Bertz CT molecular complexity index is 6370. The molecule has 7 atom stereocenters. The number of unbranched alkanes of at least 4 members (excludes halogenated alkanes) is 1. The molecule has 0 saturated heterocycles. The number of carboxylic acids is 4. The third kappa shape index (κ3) is 25.9. The van der Waals surface area contributed by atoms with Crippen LogP contribution in [0.2, 0.25) is 0 Å². The number of aliphatic hydroxyl groups is 1. The number of aromatic amines is 2. The number of nitrogens with zero attached hydrogens (tertiary/aromatic N) is 8. The van der Waals surface area contributed by atoms with Crippen molar-refractivity contribution in [3.05, 3.63) is 167 Å². The minimum atomic E-state index is -2.00. The molecule has 4 aliphatic rings. The fraction of sp³-hybridized carbons (Fsp3) is 0.416. The number of aliphatic hydroxyl groups excluding tert-OH is 1. The van der Waals surface area contributed by atoms with E-state index in [1.165, 1.54) is 13.8 Å². The minimum absolute atomic E-state index is 0.0166. The number of aliphatic carboxylic acids is 4. The van der Waals surface area contributed by atoms with Crippen LogP contribution in [0.4, 0.5) is 22.7 Å². The number of para-hydroxylation sites is 1. The Morgan fingerprint density at radius 2 is 1.13 bits per heavy atom. The van der Waals surface area contributed by atoms with Gasteiger partial charge in [-0.05, 0) is 174 Å². The van der Waals surface area contributed by atoms with E-state index in [1.807, 2.05) is 132 Å². The van der Waals surface area contributed by atoms with Gasteiger partial charge in [-0.3, -0.25) is 67.1 Å². The number of hydrogen-bond donors (Lipinski definition) is 17. The summed E-state index contributed by atoms with van der Waals surface area (Å²) in [6.07, 6.45) is -0.0964. The highest BCUT2D eigenvalue weighted by atomic mass is 16.4. The zero-order chi connectivity index (χ0) is 103. The van der Waals surface area contributed by atoms with E-state index in [-0.39, 0.29) is 56.8 Å². The lowest BCUT2D eigenvalue weighted by Gasteiger charge is -2.39. The standard InChI is InChI=1S/C101H122N20O20/c1-14-63-55(7)70-45-73-64(15-2)56(8)72(108-73)47-81-100(10,11)101(12,93(115-81)65-44-80(123)90-57(9)71(112-92(65)90)46-74(63)107-70)39-38-83(125)103-50-84(126)110-76(49-89(133)134)97(138)113-68(36-37-87(129)130)96(137)116-91(54(5)6)98(139)114-75(48-88(131)132)94(135)104-52-86(128)111-77(53-122)95(136)105-51-85(127)109-69(99(140)141)26-21-22-40-102-82(124)27-23-41-119(13)60-31-28-58(29-32-60)117-118-59-30-34-66-78(42-59)121(61-24-19-18-20-25-61)79-43-62(120(16-3)17-4)33-35-67(79)106-66/h15,18-20,24-25,28-35,42-43,45-47,54,68-69,75-77,91,122H,2,14,16-17,21-23,26-27,36-41,44,48-53H2,1,3-13H3,(H15,102,103,104,105,106,109,110,111,113,114,116,117,124,125,126,127,128,129,130,131,132,133,134,135,136,137,138,139,140,141)/p+1/t68-,69-,75-,76-,77-,91-,101+/m0/s1.